The zero-order valence-electron chi connectivity index (χ0n) is 21.2. The molecule has 3 aliphatic rings. The van der Waals surface area contributed by atoms with Gasteiger partial charge in [0.2, 0.25) is 18.3 Å². The van der Waals surface area contributed by atoms with E-state index in [9.17, 15) is 9.59 Å². The summed E-state index contributed by atoms with van der Waals surface area (Å²) in [6.07, 6.45) is 9.69. The highest BCUT2D eigenvalue weighted by Gasteiger charge is 2.43. The maximum Gasteiger partial charge on any atom is 0.230 e. The lowest BCUT2D eigenvalue weighted by atomic mass is 9.73. The topological polar surface area (TPSA) is 107 Å². The number of nitrogens with one attached hydrogen (secondary N) is 2. The van der Waals surface area contributed by atoms with Gasteiger partial charge in [-0.25, -0.2) is 9.97 Å². The lowest BCUT2D eigenvalue weighted by Gasteiger charge is -2.48. The molecule has 2 aliphatic heterocycles. The minimum Gasteiger partial charge on any atom is -0.368 e. The molecule has 0 spiro atoms. The van der Waals surface area contributed by atoms with Crippen molar-refractivity contribution in [1.82, 2.24) is 25.2 Å². The fourth-order valence-corrected chi connectivity index (χ4v) is 5.48. The molecular weight excluding hydrogens is 456 g/mol. The van der Waals surface area contributed by atoms with Crippen LogP contribution in [0.5, 0.6) is 0 Å². The molecule has 2 aromatic rings. The number of nitrogens with zero attached hydrogens (tertiary/aromatic N) is 6. The van der Waals surface area contributed by atoms with Crippen LogP contribution < -0.4 is 20.4 Å². The molecule has 36 heavy (non-hydrogen) atoms. The molecule has 0 unspecified atom stereocenters. The van der Waals surface area contributed by atoms with E-state index in [4.69, 9.17) is 4.98 Å². The average Bonchev–Trinajstić information content (AvgIpc) is 3.27. The third kappa shape index (κ3) is 4.86. The molecule has 1 saturated carbocycles. The van der Waals surface area contributed by atoms with E-state index in [-0.39, 0.29) is 17.4 Å². The Morgan fingerprint density at radius 3 is 2.58 bits per heavy atom. The quantitative estimate of drug-likeness (QED) is 0.514. The van der Waals surface area contributed by atoms with Crippen LogP contribution in [0.4, 0.5) is 23.3 Å². The van der Waals surface area contributed by atoms with E-state index in [1.54, 1.807) is 11.1 Å². The SMILES string of the molecule is CCC1(N(C=O)c2nc(Nc3ccc(N4CCN(C)CC4)cn3)ncc2C[C@@H]2CCNC2=O)CCC1. The predicted octanol–water partition coefficient (Wildman–Crippen LogP) is 2.34. The molecule has 5 rings (SSSR count). The number of anilines is 4. The zero-order valence-corrected chi connectivity index (χ0v) is 21.2. The van der Waals surface area contributed by atoms with E-state index in [1.165, 1.54) is 0 Å². The van der Waals surface area contributed by atoms with E-state index >= 15 is 0 Å². The number of aromatic nitrogens is 3. The Morgan fingerprint density at radius 1 is 1.19 bits per heavy atom. The summed E-state index contributed by atoms with van der Waals surface area (Å²) in [5.41, 5.74) is 1.71. The van der Waals surface area contributed by atoms with Crippen molar-refractivity contribution in [2.24, 2.45) is 5.92 Å². The van der Waals surface area contributed by atoms with Gasteiger partial charge in [0.05, 0.1) is 11.9 Å². The molecule has 0 aromatic carbocycles. The summed E-state index contributed by atoms with van der Waals surface area (Å²) in [6.45, 7) is 6.85. The second-order valence-electron chi connectivity index (χ2n) is 10.2. The van der Waals surface area contributed by atoms with Crippen LogP contribution in [0.3, 0.4) is 0 Å². The second kappa shape index (κ2) is 10.4. The molecule has 4 heterocycles. The van der Waals surface area contributed by atoms with Crippen LogP contribution in [-0.4, -0.2) is 77.5 Å². The number of carbonyl (C=O) groups is 2. The second-order valence-corrected chi connectivity index (χ2v) is 10.2. The summed E-state index contributed by atoms with van der Waals surface area (Å²) < 4.78 is 0. The molecule has 192 valence electrons. The third-order valence-electron chi connectivity index (χ3n) is 8.11. The molecule has 2 amide bonds. The average molecular weight is 493 g/mol. The minimum absolute atomic E-state index is 0.0549. The van der Waals surface area contributed by atoms with Crippen molar-refractivity contribution in [3.05, 3.63) is 30.1 Å². The summed E-state index contributed by atoms with van der Waals surface area (Å²) in [5.74, 6) is 1.56. The van der Waals surface area contributed by atoms with Gasteiger partial charge in [0, 0.05) is 55.9 Å². The van der Waals surface area contributed by atoms with Crippen LogP contribution in [0.15, 0.2) is 24.5 Å². The summed E-state index contributed by atoms with van der Waals surface area (Å²) >= 11 is 0. The van der Waals surface area contributed by atoms with Crippen molar-refractivity contribution >= 4 is 35.6 Å². The van der Waals surface area contributed by atoms with Gasteiger partial charge in [0.1, 0.15) is 11.6 Å². The van der Waals surface area contributed by atoms with Crippen molar-refractivity contribution in [2.75, 3.05) is 54.9 Å². The first-order chi connectivity index (χ1) is 17.5. The number of likely N-dealkylation sites (N-methyl/N-ethyl adjacent to an activating group) is 1. The molecule has 2 N–H and O–H groups in total. The van der Waals surface area contributed by atoms with Gasteiger partial charge < -0.3 is 20.4 Å². The van der Waals surface area contributed by atoms with Crippen LogP contribution in [0, 0.1) is 5.92 Å². The smallest absolute Gasteiger partial charge is 0.230 e. The Morgan fingerprint density at radius 2 is 2.00 bits per heavy atom. The highest BCUT2D eigenvalue weighted by molar-refractivity contribution is 5.82. The highest BCUT2D eigenvalue weighted by atomic mass is 16.2. The van der Waals surface area contributed by atoms with Crippen LogP contribution in [0.1, 0.15) is 44.6 Å². The lowest BCUT2D eigenvalue weighted by Crippen LogP contribution is -2.53. The molecule has 0 bridgehead atoms. The monoisotopic (exact) mass is 492 g/mol. The number of pyridine rings is 1. The number of piperazine rings is 1. The third-order valence-corrected chi connectivity index (χ3v) is 8.11. The zero-order chi connectivity index (χ0) is 25.1. The molecule has 3 fully saturated rings. The minimum atomic E-state index is -0.220. The van der Waals surface area contributed by atoms with Gasteiger partial charge in [-0.05, 0) is 57.7 Å². The number of rotatable bonds is 9. The highest BCUT2D eigenvalue weighted by Crippen LogP contribution is 2.43. The first-order valence-corrected chi connectivity index (χ1v) is 13.1. The number of hydrogen-bond acceptors (Lipinski definition) is 8. The van der Waals surface area contributed by atoms with Gasteiger partial charge in [-0.1, -0.05) is 6.92 Å². The lowest BCUT2D eigenvalue weighted by molar-refractivity contribution is -0.122. The molecule has 10 heteroatoms. The predicted molar refractivity (Wildman–Crippen MR) is 139 cm³/mol. The molecule has 1 atom stereocenters. The van der Waals surface area contributed by atoms with E-state index in [0.717, 1.165) is 75.9 Å². The van der Waals surface area contributed by atoms with Crippen LogP contribution in [-0.2, 0) is 16.0 Å². The fourth-order valence-electron chi connectivity index (χ4n) is 5.48. The van der Waals surface area contributed by atoms with Crippen LogP contribution in [0.2, 0.25) is 0 Å². The van der Waals surface area contributed by atoms with Gasteiger partial charge in [-0.3, -0.25) is 14.5 Å². The maximum atomic E-state index is 12.4. The molecule has 0 radical (unpaired) electrons. The number of carbonyl (C=O) groups excluding carboxylic acids is 2. The van der Waals surface area contributed by atoms with Crippen molar-refractivity contribution in [3.8, 4) is 0 Å². The number of hydrogen-bond donors (Lipinski definition) is 2. The summed E-state index contributed by atoms with van der Waals surface area (Å²) in [4.78, 5) is 45.0. The molecule has 10 nitrogen and oxygen atoms in total. The van der Waals surface area contributed by atoms with Gasteiger partial charge in [-0.2, -0.15) is 4.98 Å². The normalized spacial score (nSPS) is 21.6. The molecular formula is C26H36N8O2. The molecule has 1 aliphatic carbocycles. The van der Waals surface area contributed by atoms with Crippen molar-refractivity contribution in [2.45, 2.75) is 51.0 Å². The molecule has 2 saturated heterocycles. The summed E-state index contributed by atoms with van der Waals surface area (Å²) in [6, 6.07) is 4.00. The standard InChI is InChI=1S/C26H36N8O2/c1-3-26(8-4-9-26)34(18-35)23-20(15-19-7-10-27-24(19)36)16-29-25(31-23)30-22-6-5-21(17-28-22)33-13-11-32(2)12-14-33/h5-6,16-19H,3-4,7-15H2,1-2H3,(H,27,36)(H,28,29,30,31)/t19-/m0/s1. The number of amides is 2. The van der Waals surface area contributed by atoms with E-state index in [0.29, 0.717) is 30.5 Å². The van der Waals surface area contributed by atoms with Crippen molar-refractivity contribution in [3.63, 3.8) is 0 Å². The summed E-state index contributed by atoms with van der Waals surface area (Å²) in [7, 11) is 2.14. The Labute approximate surface area is 212 Å². The first-order valence-electron chi connectivity index (χ1n) is 13.1. The van der Waals surface area contributed by atoms with E-state index in [2.05, 4.69) is 50.4 Å². The van der Waals surface area contributed by atoms with Crippen LogP contribution >= 0.6 is 0 Å². The van der Waals surface area contributed by atoms with E-state index in [1.807, 2.05) is 12.3 Å². The Kier molecular flexibility index (Phi) is 7.04. The Balaban J connectivity index is 1.38. The Hall–Kier alpha value is -3.27. The summed E-state index contributed by atoms with van der Waals surface area (Å²) in [5, 5.41) is 6.11. The van der Waals surface area contributed by atoms with Gasteiger partial charge in [-0.15, -0.1) is 0 Å². The van der Waals surface area contributed by atoms with Gasteiger partial charge in [0.25, 0.3) is 0 Å². The molecule has 2 aromatic heterocycles. The van der Waals surface area contributed by atoms with Gasteiger partial charge in [0.15, 0.2) is 0 Å². The fraction of sp³-hybridized carbons (Fsp3) is 0.577. The maximum absolute atomic E-state index is 12.4. The largest absolute Gasteiger partial charge is 0.368 e. The van der Waals surface area contributed by atoms with E-state index < -0.39 is 0 Å². The Bertz CT molecular complexity index is 1070. The van der Waals surface area contributed by atoms with Crippen molar-refractivity contribution < 1.29 is 9.59 Å². The van der Waals surface area contributed by atoms with Gasteiger partial charge >= 0.3 is 0 Å². The van der Waals surface area contributed by atoms with Crippen molar-refractivity contribution in [1.29, 1.82) is 0 Å². The van der Waals surface area contributed by atoms with Crippen LogP contribution in [0.25, 0.3) is 0 Å². The first kappa shape index (κ1) is 24.4.